The lowest BCUT2D eigenvalue weighted by atomic mass is 10.1. The Balaban J connectivity index is 1.81. The Kier molecular flexibility index (Phi) is 6.49. The molecule has 0 saturated carbocycles. The van der Waals surface area contributed by atoms with Crippen LogP contribution >= 0.6 is 0 Å². The maximum Gasteiger partial charge on any atom is 0.226 e. The van der Waals surface area contributed by atoms with Gasteiger partial charge in [0.15, 0.2) is 0 Å². The standard InChI is InChI=1S/C19H21FN2O2/c1-15(23)22(13-11-16-5-3-2-4-6-16)14-12-19(24)21-18-9-7-17(20)8-10-18/h2-10H,11-14H2,1H3,(H,21,24). The molecule has 0 bridgehead atoms. The van der Waals surface area contributed by atoms with Crippen LogP contribution in [0.15, 0.2) is 54.6 Å². The van der Waals surface area contributed by atoms with Gasteiger partial charge in [0.05, 0.1) is 0 Å². The molecular weight excluding hydrogens is 307 g/mol. The fourth-order valence-corrected chi connectivity index (χ4v) is 2.33. The quantitative estimate of drug-likeness (QED) is 0.848. The van der Waals surface area contributed by atoms with Crippen LogP contribution in [0.4, 0.5) is 10.1 Å². The van der Waals surface area contributed by atoms with Crippen molar-refractivity contribution in [2.75, 3.05) is 18.4 Å². The Morgan fingerprint density at radius 3 is 2.29 bits per heavy atom. The highest BCUT2D eigenvalue weighted by Crippen LogP contribution is 2.09. The van der Waals surface area contributed by atoms with Crippen molar-refractivity contribution in [3.8, 4) is 0 Å². The van der Waals surface area contributed by atoms with Gasteiger partial charge in [-0.1, -0.05) is 30.3 Å². The second-order valence-electron chi connectivity index (χ2n) is 5.55. The van der Waals surface area contributed by atoms with Crippen LogP contribution in [-0.2, 0) is 16.0 Å². The Bertz CT molecular complexity index is 672. The third-order valence-electron chi connectivity index (χ3n) is 3.70. The molecule has 24 heavy (non-hydrogen) atoms. The molecule has 1 N–H and O–H groups in total. The first-order valence-electron chi connectivity index (χ1n) is 7.89. The minimum absolute atomic E-state index is 0.0551. The van der Waals surface area contributed by atoms with Crippen molar-refractivity contribution in [1.29, 1.82) is 0 Å². The van der Waals surface area contributed by atoms with Gasteiger partial charge in [0, 0.05) is 32.1 Å². The summed E-state index contributed by atoms with van der Waals surface area (Å²) in [7, 11) is 0. The lowest BCUT2D eigenvalue weighted by Crippen LogP contribution is -2.33. The van der Waals surface area contributed by atoms with Crippen LogP contribution < -0.4 is 5.32 Å². The first kappa shape index (κ1) is 17.7. The fraction of sp³-hybridized carbons (Fsp3) is 0.263. The maximum atomic E-state index is 12.8. The van der Waals surface area contributed by atoms with E-state index >= 15 is 0 Å². The zero-order valence-electron chi connectivity index (χ0n) is 13.7. The van der Waals surface area contributed by atoms with Crippen LogP contribution in [0.1, 0.15) is 18.9 Å². The van der Waals surface area contributed by atoms with E-state index in [1.807, 2.05) is 30.3 Å². The number of carbonyl (C=O) groups is 2. The number of rotatable bonds is 7. The molecule has 0 atom stereocenters. The van der Waals surface area contributed by atoms with Crippen LogP contribution in [0, 0.1) is 5.82 Å². The summed E-state index contributed by atoms with van der Waals surface area (Å²) < 4.78 is 12.8. The molecule has 0 aliphatic heterocycles. The van der Waals surface area contributed by atoms with Gasteiger partial charge in [-0.25, -0.2) is 4.39 Å². The molecule has 5 heteroatoms. The van der Waals surface area contributed by atoms with E-state index in [0.717, 1.165) is 12.0 Å². The van der Waals surface area contributed by atoms with Crippen molar-refractivity contribution < 1.29 is 14.0 Å². The molecule has 0 heterocycles. The largest absolute Gasteiger partial charge is 0.342 e. The summed E-state index contributed by atoms with van der Waals surface area (Å²) >= 11 is 0. The van der Waals surface area contributed by atoms with Gasteiger partial charge in [-0.3, -0.25) is 9.59 Å². The number of hydrogen-bond donors (Lipinski definition) is 1. The van der Waals surface area contributed by atoms with Crippen LogP contribution in [0.5, 0.6) is 0 Å². The van der Waals surface area contributed by atoms with Crippen molar-refractivity contribution in [2.45, 2.75) is 19.8 Å². The van der Waals surface area contributed by atoms with E-state index in [1.54, 1.807) is 4.90 Å². The van der Waals surface area contributed by atoms with Gasteiger partial charge >= 0.3 is 0 Å². The highest BCUT2D eigenvalue weighted by molar-refractivity contribution is 5.91. The van der Waals surface area contributed by atoms with E-state index in [1.165, 1.54) is 31.2 Å². The maximum absolute atomic E-state index is 12.8. The average Bonchev–Trinajstić information content (AvgIpc) is 2.57. The van der Waals surface area contributed by atoms with E-state index in [9.17, 15) is 14.0 Å². The summed E-state index contributed by atoms with van der Waals surface area (Å²) in [6, 6.07) is 15.5. The zero-order valence-corrected chi connectivity index (χ0v) is 13.7. The molecule has 0 aliphatic rings. The lowest BCUT2D eigenvalue weighted by molar-refractivity contribution is -0.129. The normalized spacial score (nSPS) is 10.2. The van der Waals surface area contributed by atoms with E-state index in [4.69, 9.17) is 0 Å². The minimum Gasteiger partial charge on any atom is -0.342 e. The molecule has 0 unspecified atom stereocenters. The smallest absolute Gasteiger partial charge is 0.226 e. The SMILES string of the molecule is CC(=O)N(CCC(=O)Nc1ccc(F)cc1)CCc1ccccc1. The van der Waals surface area contributed by atoms with Crippen LogP contribution in [0.2, 0.25) is 0 Å². The summed E-state index contributed by atoms with van der Waals surface area (Å²) in [6.07, 6.45) is 0.950. The molecule has 2 aromatic rings. The number of anilines is 1. The second-order valence-corrected chi connectivity index (χ2v) is 5.55. The van der Waals surface area contributed by atoms with Crippen molar-refractivity contribution in [3.63, 3.8) is 0 Å². The number of hydrogen-bond acceptors (Lipinski definition) is 2. The molecule has 2 rings (SSSR count). The number of carbonyl (C=O) groups excluding carboxylic acids is 2. The minimum atomic E-state index is -0.350. The predicted octanol–water partition coefficient (Wildman–Crippen LogP) is 3.25. The fourth-order valence-electron chi connectivity index (χ4n) is 2.33. The Morgan fingerprint density at radius 2 is 1.67 bits per heavy atom. The average molecular weight is 328 g/mol. The molecule has 0 radical (unpaired) electrons. The number of halogens is 1. The van der Waals surface area contributed by atoms with Gasteiger partial charge in [-0.2, -0.15) is 0 Å². The first-order valence-corrected chi connectivity index (χ1v) is 7.89. The molecule has 0 saturated heterocycles. The van der Waals surface area contributed by atoms with Gasteiger partial charge in [0.1, 0.15) is 5.82 Å². The van der Waals surface area contributed by atoms with Crippen molar-refractivity contribution in [3.05, 3.63) is 66.0 Å². The molecule has 2 aromatic carbocycles. The molecule has 0 fully saturated rings. The Morgan fingerprint density at radius 1 is 1.00 bits per heavy atom. The molecule has 0 aliphatic carbocycles. The topological polar surface area (TPSA) is 49.4 Å². The summed E-state index contributed by atoms with van der Waals surface area (Å²) in [5.41, 5.74) is 1.69. The van der Waals surface area contributed by atoms with E-state index in [0.29, 0.717) is 18.8 Å². The monoisotopic (exact) mass is 328 g/mol. The van der Waals surface area contributed by atoms with Gasteiger partial charge in [0.25, 0.3) is 0 Å². The van der Waals surface area contributed by atoms with Gasteiger partial charge in [0.2, 0.25) is 11.8 Å². The Hall–Kier alpha value is -2.69. The predicted molar refractivity (Wildman–Crippen MR) is 92.0 cm³/mol. The number of nitrogens with zero attached hydrogens (tertiary/aromatic N) is 1. The Labute approximate surface area is 141 Å². The zero-order chi connectivity index (χ0) is 17.4. The molecule has 2 amide bonds. The number of amides is 2. The molecule has 4 nitrogen and oxygen atoms in total. The van der Waals surface area contributed by atoms with Crippen LogP contribution in [0.3, 0.4) is 0 Å². The summed E-state index contributed by atoms with van der Waals surface area (Å²) in [5.74, 6) is -0.607. The van der Waals surface area contributed by atoms with Crippen LogP contribution in [-0.4, -0.2) is 29.8 Å². The van der Waals surface area contributed by atoms with Gasteiger partial charge in [-0.15, -0.1) is 0 Å². The molecule has 0 spiro atoms. The number of benzene rings is 2. The molecule has 126 valence electrons. The van der Waals surface area contributed by atoms with Crippen molar-refractivity contribution in [2.24, 2.45) is 0 Å². The third-order valence-corrected chi connectivity index (χ3v) is 3.70. The first-order chi connectivity index (χ1) is 11.5. The third kappa shape index (κ3) is 5.83. The molecular formula is C19H21FN2O2. The summed E-state index contributed by atoms with van der Waals surface area (Å²) in [6.45, 7) is 2.43. The highest BCUT2D eigenvalue weighted by Gasteiger charge is 2.11. The summed E-state index contributed by atoms with van der Waals surface area (Å²) in [4.78, 5) is 25.3. The highest BCUT2D eigenvalue weighted by atomic mass is 19.1. The second kappa shape index (κ2) is 8.82. The van der Waals surface area contributed by atoms with Crippen molar-refractivity contribution >= 4 is 17.5 Å². The van der Waals surface area contributed by atoms with Gasteiger partial charge in [-0.05, 0) is 36.2 Å². The molecule has 0 aromatic heterocycles. The lowest BCUT2D eigenvalue weighted by Gasteiger charge is -2.21. The van der Waals surface area contributed by atoms with Crippen LogP contribution in [0.25, 0.3) is 0 Å². The van der Waals surface area contributed by atoms with E-state index < -0.39 is 0 Å². The summed E-state index contributed by atoms with van der Waals surface area (Å²) in [5, 5.41) is 2.69. The van der Waals surface area contributed by atoms with E-state index in [2.05, 4.69) is 5.32 Å². The van der Waals surface area contributed by atoms with Crippen molar-refractivity contribution in [1.82, 2.24) is 4.90 Å². The van der Waals surface area contributed by atoms with E-state index in [-0.39, 0.29) is 24.1 Å². The number of nitrogens with one attached hydrogen (secondary N) is 1. The van der Waals surface area contributed by atoms with Gasteiger partial charge < -0.3 is 10.2 Å².